The summed E-state index contributed by atoms with van der Waals surface area (Å²) < 4.78 is 5.42. The zero-order valence-corrected chi connectivity index (χ0v) is 19.3. The molecule has 4 rings (SSSR count). The highest BCUT2D eigenvalue weighted by atomic mass is 35.5. The number of carbonyl (C=O) groups excluding carboxylic acids is 2. The highest BCUT2D eigenvalue weighted by Gasteiger charge is 2.46. The quantitative estimate of drug-likeness (QED) is 0.167. The number of hydrogen-bond donors (Lipinski definition) is 1. The van der Waals surface area contributed by atoms with Gasteiger partial charge < -0.3 is 14.7 Å². The van der Waals surface area contributed by atoms with Gasteiger partial charge in [-0.3, -0.25) is 24.7 Å². The fourth-order valence-corrected chi connectivity index (χ4v) is 4.17. The molecular weight excluding hydrogens is 474 g/mol. The molecule has 178 valence electrons. The van der Waals surface area contributed by atoms with Crippen molar-refractivity contribution in [2.24, 2.45) is 0 Å². The Bertz CT molecular complexity index is 1320. The van der Waals surface area contributed by atoms with Crippen molar-refractivity contribution < 1.29 is 24.4 Å². The van der Waals surface area contributed by atoms with Crippen LogP contribution in [0.4, 0.5) is 5.69 Å². The zero-order valence-electron chi connectivity index (χ0n) is 18.6. The minimum Gasteiger partial charge on any atom is -0.507 e. The average molecular weight is 494 g/mol. The fraction of sp³-hybridized carbons (Fsp3) is 0.160. The van der Waals surface area contributed by atoms with Gasteiger partial charge in [0.25, 0.3) is 17.4 Å². The molecule has 0 aliphatic carbocycles. The lowest BCUT2D eigenvalue weighted by Crippen LogP contribution is -2.29. The Morgan fingerprint density at radius 3 is 2.54 bits per heavy atom. The Kier molecular flexibility index (Phi) is 6.79. The molecule has 10 heteroatoms. The number of nitro benzene ring substituents is 1. The van der Waals surface area contributed by atoms with E-state index in [4.69, 9.17) is 16.3 Å². The molecule has 1 saturated heterocycles. The topological polar surface area (TPSA) is 123 Å². The van der Waals surface area contributed by atoms with Crippen LogP contribution >= 0.6 is 11.6 Å². The van der Waals surface area contributed by atoms with E-state index >= 15 is 0 Å². The van der Waals surface area contributed by atoms with Crippen LogP contribution in [0.5, 0.6) is 5.75 Å². The third kappa shape index (κ3) is 4.71. The Balaban J connectivity index is 1.84. The molecule has 1 atom stereocenters. The van der Waals surface area contributed by atoms with Crippen LogP contribution in [0, 0.1) is 10.1 Å². The predicted molar refractivity (Wildman–Crippen MR) is 128 cm³/mol. The number of likely N-dealkylation sites (tertiary alicyclic amines) is 1. The smallest absolute Gasteiger partial charge is 0.295 e. The summed E-state index contributed by atoms with van der Waals surface area (Å²) in [7, 11) is 0. The summed E-state index contributed by atoms with van der Waals surface area (Å²) in [5.41, 5.74) is 1.04. The predicted octanol–water partition coefficient (Wildman–Crippen LogP) is 4.66. The lowest BCUT2D eigenvalue weighted by molar-refractivity contribution is -0.384. The van der Waals surface area contributed by atoms with Crippen LogP contribution in [0.25, 0.3) is 5.76 Å². The molecule has 0 bridgehead atoms. The number of carbonyl (C=O) groups is 2. The molecular formula is C25H20ClN3O6. The highest BCUT2D eigenvalue weighted by molar-refractivity contribution is 6.46. The van der Waals surface area contributed by atoms with Gasteiger partial charge >= 0.3 is 0 Å². The second kappa shape index (κ2) is 9.94. The molecule has 3 aromatic rings. The number of pyridine rings is 1. The summed E-state index contributed by atoms with van der Waals surface area (Å²) in [5.74, 6) is -1.68. The number of nitrogens with zero attached hydrogens (tertiary/aromatic N) is 3. The number of aromatic nitrogens is 1. The number of rotatable bonds is 7. The van der Waals surface area contributed by atoms with Gasteiger partial charge in [-0.25, -0.2) is 0 Å². The van der Waals surface area contributed by atoms with Gasteiger partial charge in [-0.2, -0.15) is 0 Å². The van der Waals surface area contributed by atoms with Crippen molar-refractivity contribution in [3.05, 3.63) is 104 Å². The van der Waals surface area contributed by atoms with E-state index in [9.17, 15) is 24.8 Å². The van der Waals surface area contributed by atoms with Crippen LogP contribution in [-0.4, -0.2) is 38.2 Å². The van der Waals surface area contributed by atoms with Crippen molar-refractivity contribution in [1.29, 1.82) is 0 Å². The molecule has 0 unspecified atom stereocenters. The molecule has 1 fully saturated rings. The van der Waals surface area contributed by atoms with E-state index in [-0.39, 0.29) is 28.4 Å². The molecule has 2 aromatic carbocycles. The van der Waals surface area contributed by atoms with Crippen LogP contribution in [0.1, 0.15) is 29.7 Å². The minimum absolute atomic E-state index is 0.0425. The standard InChI is InChI=1S/C25H20ClN3O6/c1-2-35-20-10-7-17(12-19(20)26)23(30)21-22(16-5-8-18(9-6-16)29(33)34)28(25(32)24(21)31)14-15-4-3-11-27-13-15/h3-13,22,30H,2,14H2,1H3/b23-21+/t22-/m0/s1. The molecule has 0 saturated carbocycles. The second-order valence-corrected chi connectivity index (χ2v) is 8.12. The summed E-state index contributed by atoms with van der Waals surface area (Å²) >= 11 is 6.27. The molecule has 1 aromatic heterocycles. The third-order valence-electron chi connectivity index (χ3n) is 5.54. The number of non-ortho nitro benzene ring substituents is 1. The number of benzene rings is 2. The minimum atomic E-state index is -0.985. The summed E-state index contributed by atoms with van der Waals surface area (Å²) in [6.07, 6.45) is 3.15. The van der Waals surface area contributed by atoms with Crippen molar-refractivity contribution >= 4 is 34.7 Å². The van der Waals surface area contributed by atoms with Gasteiger partial charge in [0.2, 0.25) is 0 Å². The van der Waals surface area contributed by atoms with Gasteiger partial charge in [-0.05, 0) is 54.4 Å². The van der Waals surface area contributed by atoms with E-state index in [2.05, 4.69) is 4.98 Å². The maximum Gasteiger partial charge on any atom is 0.295 e. The zero-order chi connectivity index (χ0) is 25.1. The molecule has 0 spiro atoms. The Hall–Kier alpha value is -4.24. The van der Waals surface area contributed by atoms with Crippen LogP contribution in [0.2, 0.25) is 5.02 Å². The largest absolute Gasteiger partial charge is 0.507 e. The number of amides is 1. The van der Waals surface area contributed by atoms with Gasteiger partial charge in [0.05, 0.1) is 28.2 Å². The van der Waals surface area contributed by atoms with E-state index in [1.54, 1.807) is 37.5 Å². The van der Waals surface area contributed by atoms with E-state index in [0.29, 0.717) is 23.5 Å². The lowest BCUT2D eigenvalue weighted by atomic mass is 9.95. The number of nitro groups is 1. The van der Waals surface area contributed by atoms with Crippen LogP contribution in [0.15, 0.2) is 72.6 Å². The molecule has 1 aliphatic heterocycles. The number of halogens is 1. The van der Waals surface area contributed by atoms with Crippen molar-refractivity contribution in [2.75, 3.05) is 6.61 Å². The second-order valence-electron chi connectivity index (χ2n) is 7.72. The first kappa shape index (κ1) is 23.9. The van der Waals surface area contributed by atoms with Crippen LogP contribution in [-0.2, 0) is 16.1 Å². The fourth-order valence-electron chi connectivity index (χ4n) is 3.93. The Morgan fingerprint density at radius 1 is 1.20 bits per heavy atom. The molecule has 0 radical (unpaired) electrons. The first-order valence-corrected chi connectivity index (χ1v) is 11.0. The molecule has 9 nitrogen and oxygen atoms in total. The molecule has 1 aliphatic rings. The summed E-state index contributed by atoms with van der Waals surface area (Å²) in [6.45, 7) is 2.24. The Morgan fingerprint density at radius 2 is 1.94 bits per heavy atom. The van der Waals surface area contributed by atoms with Gasteiger partial charge in [0, 0.05) is 36.6 Å². The van der Waals surface area contributed by atoms with Crippen LogP contribution in [0.3, 0.4) is 0 Å². The summed E-state index contributed by atoms with van der Waals surface area (Å²) in [6, 6.07) is 12.5. The van der Waals surface area contributed by atoms with E-state index in [0.717, 1.165) is 0 Å². The van der Waals surface area contributed by atoms with Gasteiger partial charge in [0.15, 0.2) is 0 Å². The molecule has 35 heavy (non-hydrogen) atoms. The van der Waals surface area contributed by atoms with Crippen LogP contribution < -0.4 is 4.74 Å². The number of hydrogen-bond acceptors (Lipinski definition) is 7. The SMILES string of the molecule is CCOc1ccc(/C(O)=C2\C(=O)C(=O)N(Cc3cccnc3)[C@H]2c2ccc([N+](=O)[O-])cc2)cc1Cl. The first-order valence-electron chi connectivity index (χ1n) is 10.7. The average Bonchev–Trinajstić information content (AvgIpc) is 3.10. The van der Waals surface area contributed by atoms with Gasteiger partial charge in [-0.15, -0.1) is 0 Å². The van der Waals surface area contributed by atoms with E-state index < -0.39 is 28.4 Å². The van der Waals surface area contributed by atoms with Crippen molar-refractivity contribution in [2.45, 2.75) is 19.5 Å². The maximum atomic E-state index is 13.1. The maximum absolute atomic E-state index is 13.1. The molecule has 1 N–H and O–H groups in total. The normalized spacial score (nSPS) is 17.0. The van der Waals surface area contributed by atoms with Crippen molar-refractivity contribution in [1.82, 2.24) is 9.88 Å². The van der Waals surface area contributed by atoms with Crippen molar-refractivity contribution in [3.8, 4) is 5.75 Å². The van der Waals surface area contributed by atoms with E-state index in [1.807, 2.05) is 0 Å². The first-order chi connectivity index (χ1) is 16.8. The van der Waals surface area contributed by atoms with E-state index in [1.165, 1.54) is 41.3 Å². The number of ether oxygens (including phenoxy) is 1. The number of aliphatic hydroxyl groups excluding tert-OH is 1. The van der Waals surface area contributed by atoms with Gasteiger partial charge in [-0.1, -0.05) is 17.7 Å². The lowest BCUT2D eigenvalue weighted by Gasteiger charge is -2.25. The number of aliphatic hydroxyl groups is 1. The highest BCUT2D eigenvalue weighted by Crippen LogP contribution is 2.41. The molecule has 2 heterocycles. The molecule has 1 amide bonds. The number of ketones is 1. The van der Waals surface area contributed by atoms with Gasteiger partial charge in [0.1, 0.15) is 11.5 Å². The Labute approximate surface area is 205 Å². The monoisotopic (exact) mass is 493 g/mol. The summed E-state index contributed by atoms with van der Waals surface area (Å²) in [4.78, 5) is 42.1. The van der Waals surface area contributed by atoms with Crippen molar-refractivity contribution in [3.63, 3.8) is 0 Å². The third-order valence-corrected chi connectivity index (χ3v) is 5.84. The number of Topliss-reactive ketones (excluding diaryl/α,β-unsaturated/α-hetero) is 1. The summed E-state index contributed by atoms with van der Waals surface area (Å²) in [5, 5.41) is 22.5.